The smallest absolute Gasteiger partial charge is 0.226 e. The van der Waals surface area contributed by atoms with Crippen molar-refractivity contribution < 1.29 is 0 Å². The van der Waals surface area contributed by atoms with Crippen LogP contribution in [0.1, 0.15) is 18.9 Å². The Kier molecular flexibility index (Phi) is 4.83. The number of nitrogens with zero attached hydrogens (tertiary/aromatic N) is 4. The van der Waals surface area contributed by atoms with E-state index in [0.717, 1.165) is 36.5 Å². The van der Waals surface area contributed by atoms with Crippen LogP contribution < -0.4 is 4.90 Å². The van der Waals surface area contributed by atoms with Crippen LogP contribution in [0.25, 0.3) is 11.0 Å². The first-order valence-electron chi connectivity index (χ1n) is 9.11. The Morgan fingerprint density at radius 2 is 2.04 bits per heavy atom. The molecular formula is C20H24ClN5. The number of hydrogen-bond acceptors (Lipinski definition) is 4. The van der Waals surface area contributed by atoms with Crippen molar-refractivity contribution in [3.63, 3.8) is 0 Å². The number of aromatic amines is 1. The number of piperidine rings is 1. The maximum atomic E-state index is 6.16. The molecule has 0 radical (unpaired) electrons. The van der Waals surface area contributed by atoms with Crippen molar-refractivity contribution in [2.45, 2.75) is 25.9 Å². The lowest BCUT2D eigenvalue weighted by molar-refractivity contribution is 0.159. The zero-order valence-corrected chi connectivity index (χ0v) is 15.9. The lowest BCUT2D eigenvalue weighted by Gasteiger charge is -2.42. The van der Waals surface area contributed by atoms with Crippen LogP contribution in [0.3, 0.4) is 0 Å². The molecule has 0 amide bonds. The Labute approximate surface area is 159 Å². The van der Waals surface area contributed by atoms with Crippen LogP contribution in [0.2, 0.25) is 5.28 Å². The molecule has 0 bridgehead atoms. The zero-order chi connectivity index (χ0) is 18.1. The number of halogens is 1. The van der Waals surface area contributed by atoms with Gasteiger partial charge in [0.15, 0.2) is 0 Å². The molecule has 26 heavy (non-hydrogen) atoms. The SMILES string of the molecule is C[C@@H]1CCN(Cc2ccccc2)C[C@H]1N(C)c1nc(Cl)nc2[nH]ccc12. The highest BCUT2D eigenvalue weighted by molar-refractivity contribution is 6.28. The summed E-state index contributed by atoms with van der Waals surface area (Å²) in [6, 6.07) is 13.1. The van der Waals surface area contributed by atoms with E-state index >= 15 is 0 Å². The van der Waals surface area contributed by atoms with E-state index in [1.807, 2.05) is 12.3 Å². The van der Waals surface area contributed by atoms with E-state index in [1.54, 1.807) is 0 Å². The van der Waals surface area contributed by atoms with Gasteiger partial charge in [0.2, 0.25) is 5.28 Å². The molecule has 1 aliphatic heterocycles. The van der Waals surface area contributed by atoms with Crippen molar-refractivity contribution in [2.75, 3.05) is 25.0 Å². The molecule has 2 atom stereocenters. The standard InChI is InChI=1S/C20H24ClN5/c1-14-9-11-26(12-15-6-4-3-5-7-15)13-17(14)25(2)19-16-8-10-22-18(16)23-20(21)24-19/h3-8,10,14,17H,9,11-13H2,1-2H3,(H,22,23,24)/t14-,17-/m1/s1. The number of anilines is 1. The maximum Gasteiger partial charge on any atom is 0.226 e. The summed E-state index contributed by atoms with van der Waals surface area (Å²) in [5, 5.41) is 1.30. The summed E-state index contributed by atoms with van der Waals surface area (Å²) in [6.45, 7) is 5.46. The van der Waals surface area contributed by atoms with Crippen molar-refractivity contribution in [3.8, 4) is 0 Å². The van der Waals surface area contributed by atoms with Gasteiger partial charge in [-0.25, -0.2) is 0 Å². The average Bonchev–Trinajstić information content (AvgIpc) is 3.11. The lowest BCUT2D eigenvalue weighted by Crippen LogP contribution is -2.50. The molecule has 5 nitrogen and oxygen atoms in total. The minimum Gasteiger partial charge on any atom is -0.354 e. The minimum atomic E-state index is 0.284. The molecule has 0 aliphatic carbocycles. The van der Waals surface area contributed by atoms with Gasteiger partial charge in [-0.15, -0.1) is 0 Å². The third kappa shape index (κ3) is 3.41. The Balaban J connectivity index is 1.57. The number of likely N-dealkylation sites (tertiary alicyclic amines) is 1. The molecule has 1 aromatic carbocycles. The van der Waals surface area contributed by atoms with E-state index < -0.39 is 0 Å². The fraction of sp³-hybridized carbons (Fsp3) is 0.400. The normalized spacial score (nSPS) is 21.2. The summed E-state index contributed by atoms with van der Waals surface area (Å²) >= 11 is 6.16. The molecule has 1 aliphatic rings. The van der Waals surface area contributed by atoms with Gasteiger partial charge in [0.1, 0.15) is 11.5 Å². The van der Waals surface area contributed by atoms with E-state index in [4.69, 9.17) is 11.6 Å². The van der Waals surface area contributed by atoms with Crippen LogP contribution >= 0.6 is 11.6 Å². The van der Waals surface area contributed by atoms with Crippen LogP contribution in [0.15, 0.2) is 42.6 Å². The largest absolute Gasteiger partial charge is 0.354 e. The third-order valence-electron chi connectivity index (χ3n) is 5.45. The first-order chi connectivity index (χ1) is 12.6. The first kappa shape index (κ1) is 17.3. The molecule has 1 fully saturated rings. The van der Waals surface area contributed by atoms with Crippen LogP contribution in [-0.4, -0.2) is 46.0 Å². The van der Waals surface area contributed by atoms with Gasteiger partial charge in [-0.05, 0) is 42.1 Å². The second kappa shape index (κ2) is 7.25. The van der Waals surface area contributed by atoms with E-state index in [9.17, 15) is 0 Å². The number of aromatic nitrogens is 3. The predicted molar refractivity (Wildman–Crippen MR) is 107 cm³/mol. The highest BCUT2D eigenvalue weighted by Gasteiger charge is 2.31. The van der Waals surface area contributed by atoms with Gasteiger partial charge in [0, 0.05) is 32.4 Å². The molecule has 0 unspecified atom stereocenters. The second-order valence-corrected chi connectivity index (χ2v) is 7.56. The third-order valence-corrected chi connectivity index (χ3v) is 5.62. The molecule has 3 heterocycles. The van der Waals surface area contributed by atoms with Crippen molar-refractivity contribution in [1.82, 2.24) is 19.9 Å². The van der Waals surface area contributed by atoms with Gasteiger partial charge in [-0.3, -0.25) is 4.90 Å². The molecule has 1 saturated heterocycles. The molecule has 4 rings (SSSR count). The van der Waals surface area contributed by atoms with Gasteiger partial charge in [-0.1, -0.05) is 37.3 Å². The zero-order valence-electron chi connectivity index (χ0n) is 15.2. The van der Waals surface area contributed by atoms with Gasteiger partial charge in [0.25, 0.3) is 0 Å². The second-order valence-electron chi connectivity index (χ2n) is 7.22. The highest BCUT2D eigenvalue weighted by Crippen LogP contribution is 2.30. The molecular weight excluding hydrogens is 346 g/mol. The quantitative estimate of drug-likeness (QED) is 0.707. The maximum absolute atomic E-state index is 6.16. The van der Waals surface area contributed by atoms with Gasteiger partial charge < -0.3 is 9.88 Å². The summed E-state index contributed by atoms with van der Waals surface area (Å²) in [7, 11) is 2.12. The Morgan fingerprint density at radius 3 is 2.85 bits per heavy atom. The van der Waals surface area contributed by atoms with E-state index in [1.165, 1.54) is 12.0 Å². The fourth-order valence-corrected chi connectivity index (χ4v) is 4.09. The number of H-pyrrole nitrogens is 1. The summed E-state index contributed by atoms with van der Waals surface area (Å²) < 4.78 is 0. The summed E-state index contributed by atoms with van der Waals surface area (Å²) in [5.74, 6) is 1.49. The summed E-state index contributed by atoms with van der Waals surface area (Å²) in [5.41, 5.74) is 2.15. The van der Waals surface area contributed by atoms with Crippen LogP contribution in [-0.2, 0) is 6.54 Å². The first-order valence-corrected chi connectivity index (χ1v) is 9.49. The molecule has 3 aromatic rings. The summed E-state index contributed by atoms with van der Waals surface area (Å²) in [6.07, 6.45) is 3.07. The number of rotatable bonds is 4. The monoisotopic (exact) mass is 369 g/mol. The van der Waals surface area contributed by atoms with Gasteiger partial charge in [0.05, 0.1) is 5.39 Å². The topological polar surface area (TPSA) is 48.1 Å². The lowest BCUT2D eigenvalue weighted by atomic mass is 9.92. The van der Waals surface area contributed by atoms with Crippen molar-refractivity contribution in [1.29, 1.82) is 0 Å². The van der Waals surface area contributed by atoms with E-state index in [-0.39, 0.29) is 5.28 Å². The Bertz CT molecular complexity index is 878. The van der Waals surface area contributed by atoms with Crippen molar-refractivity contribution >= 4 is 28.5 Å². The predicted octanol–water partition coefficient (Wildman–Crippen LogP) is 3.96. The van der Waals surface area contributed by atoms with Crippen molar-refractivity contribution in [2.24, 2.45) is 5.92 Å². The summed E-state index contributed by atoms with van der Waals surface area (Å²) in [4.78, 5) is 16.8. The van der Waals surface area contributed by atoms with Crippen molar-refractivity contribution in [3.05, 3.63) is 53.4 Å². The molecule has 0 spiro atoms. The number of likely N-dealkylation sites (N-methyl/N-ethyl adjacent to an activating group) is 1. The van der Waals surface area contributed by atoms with Gasteiger partial charge in [-0.2, -0.15) is 9.97 Å². The Hall–Kier alpha value is -2.11. The fourth-order valence-electron chi connectivity index (χ4n) is 3.93. The van der Waals surface area contributed by atoms with Crippen LogP contribution in [0, 0.1) is 5.92 Å². The average molecular weight is 370 g/mol. The van der Waals surface area contributed by atoms with Crippen LogP contribution in [0.4, 0.5) is 5.82 Å². The van der Waals surface area contributed by atoms with Gasteiger partial charge >= 0.3 is 0 Å². The minimum absolute atomic E-state index is 0.284. The number of nitrogens with one attached hydrogen (secondary N) is 1. The van der Waals surface area contributed by atoms with E-state index in [0.29, 0.717) is 12.0 Å². The molecule has 0 saturated carbocycles. The number of hydrogen-bond donors (Lipinski definition) is 1. The number of fused-ring (bicyclic) bond motifs is 1. The number of benzene rings is 1. The molecule has 6 heteroatoms. The van der Waals surface area contributed by atoms with E-state index in [2.05, 4.69) is 69.1 Å². The molecule has 136 valence electrons. The molecule has 2 aromatic heterocycles. The Morgan fingerprint density at radius 1 is 1.23 bits per heavy atom. The van der Waals surface area contributed by atoms with Crippen LogP contribution in [0.5, 0.6) is 0 Å². The highest BCUT2D eigenvalue weighted by atomic mass is 35.5. The molecule has 1 N–H and O–H groups in total.